The predicted octanol–water partition coefficient (Wildman–Crippen LogP) is 3.82. The first-order valence-corrected chi connectivity index (χ1v) is 10.0. The van der Waals surface area contributed by atoms with Crippen molar-refractivity contribution in [1.82, 2.24) is 0 Å². The molecule has 0 aromatic rings. The van der Waals surface area contributed by atoms with Crippen molar-refractivity contribution in [2.45, 2.75) is 72.2 Å². The molecule has 3 aliphatic rings. The van der Waals surface area contributed by atoms with Crippen LogP contribution in [0.5, 0.6) is 0 Å². The number of rotatable bonds is 5. The smallest absolute Gasteiger partial charge is 0.162 e. The van der Waals surface area contributed by atoms with Gasteiger partial charge < -0.3 is 14.3 Å². The summed E-state index contributed by atoms with van der Waals surface area (Å²) in [6, 6.07) is 2.35. The van der Waals surface area contributed by atoms with Gasteiger partial charge in [-0.05, 0) is 52.4 Å². The van der Waals surface area contributed by atoms with Crippen LogP contribution in [-0.2, 0) is 19.1 Å². The summed E-state index contributed by atoms with van der Waals surface area (Å²) in [7, 11) is 0. The van der Waals surface area contributed by atoms with Crippen LogP contribution < -0.4 is 0 Å². The van der Waals surface area contributed by atoms with Crippen LogP contribution >= 0.6 is 0 Å². The maximum absolute atomic E-state index is 13.9. The Labute approximate surface area is 162 Å². The predicted molar refractivity (Wildman–Crippen MR) is 100 cm³/mol. The highest BCUT2D eigenvalue weighted by Crippen LogP contribution is 2.58. The minimum Gasteiger partial charge on any atom is -0.352 e. The number of nitriles is 1. The van der Waals surface area contributed by atoms with Crippen molar-refractivity contribution in [3.8, 4) is 6.07 Å². The number of carbonyl (C=O) groups excluding carboxylic acids is 2. The summed E-state index contributed by atoms with van der Waals surface area (Å²) in [5.41, 5.74) is -1.12. The van der Waals surface area contributed by atoms with E-state index in [0.717, 1.165) is 18.4 Å². The molecule has 2 saturated heterocycles. The van der Waals surface area contributed by atoms with Crippen LogP contribution in [0.1, 0.15) is 59.8 Å². The zero-order valence-electron chi connectivity index (χ0n) is 16.9. The van der Waals surface area contributed by atoms with Crippen LogP contribution in [0.4, 0.5) is 0 Å². The van der Waals surface area contributed by atoms with Gasteiger partial charge in [0.2, 0.25) is 0 Å². The van der Waals surface area contributed by atoms with Crippen LogP contribution in [0.3, 0.4) is 0 Å². The Balaban J connectivity index is 1.98. The lowest BCUT2D eigenvalue weighted by Crippen LogP contribution is -2.59. The van der Waals surface area contributed by atoms with Crippen LogP contribution in [0.2, 0.25) is 0 Å². The largest absolute Gasteiger partial charge is 0.352 e. The number of hydrogen-bond acceptors (Lipinski definition) is 5. The van der Waals surface area contributed by atoms with Gasteiger partial charge in [-0.25, -0.2) is 0 Å². The molecule has 3 rings (SSSR count). The van der Waals surface area contributed by atoms with Crippen molar-refractivity contribution >= 4 is 11.6 Å². The zero-order chi connectivity index (χ0) is 20.0. The first-order valence-electron chi connectivity index (χ1n) is 10.0. The number of ether oxygens (including phenoxy) is 2. The molecule has 0 aromatic carbocycles. The molecule has 0 aromatic heterocycles. The Hall–Kier alpha value is -1.51. The van der Waals surface area contributed by atoms with Crippen molar-refractivity contribution in [1.29, 1.82) is 5.26 Å². The van der Waals surface area contributed by atoms with Gasteiger partial charge in [0.15, 0.2) is 12.1 Å². The quantitative estimate of drug-likeness (QED) is 0.685. The molecule has 0 unspecified atom stereocenters. The summed E-state index contributed by atoms with van der Waals surface area (Å²) in [6.45, 7) is 12.2. The average molecular weight is 373 g/mol. The van der Waals surface area contributed by atoms with Crippen LogP contribution in [0, 0.1) is 39.9 Å². The van der Waals surface area contributed by atoms with Crippen LogP contribution in [0.15, 0.2) is 12.2 Å². The van der Waals surface area contributed by atoms with E-state index in [0.29, 0.717) is 18.9 Å². The van der Waals surface area contributed by atoms with E-state index in [1.54, 1.807) is 0 Å². The van der Waals surface area contributed by atoms with E-state index in [9.17, 15) is 14.9 Å². The molecule has 3 fully saturated rings. The van der Waals surface area contributed by atoms with Gasteiger partial charge in [-0.2, -0.15) is 5.26 Å². The fraction of sp³-hybridized carbons (Fsp3) is 0.773. The summed E-state index contributed by atoms with van der Waals surface area (Å²) in [5, 5.41) is 10.2. The summed E-state index contributed by atoms with van der Waals surface area (Å²) < 4.78 is 11.9. The Morgan fingerprint density at radius 1 is 1.37 bits per heavy atom. The molecule has 27 heavy (non-hydrogen) atoms. The Bertz CT molecular complexity index is 683. The Kier molecular flexibility index (Phi) is 5.35. The van der Waals surface area contributed by atoms with E-state index < -0.39 is 10.8 Å². The molecule has 0 amide bonds. The van der Waals surface area contributed by atoms with Gasteiger partial charge in [-0.15, -0.1) is 0 Å². The lowest BCUT2D eigenvalue weighted by molar-refractivity contribution is -0.178. The van der Waals surface area contributed by atoms with Gasteiger partial charge in [0.25, 0.3) is 0 Å². The molecule has 2 aliphatic heterocycles. The second kappa shape index (κ2) is 7.14. The molecule has 0 spiro atoms. The third-order valence-corrected chi connectivity index (χ3v) is 7.41. The van der Waals surface area contributed by atoms with Crippen molar-refractivity contribution < 1.29 is 19.1 Å². The summed E-state index contributed by atoms with van der Waals surface area (Å²) in [4.78, 5) is 25.6. The monoisotopic (exact) mass is 373 g/mol. The lowest BCUT2D eigenvalue weighted by atomic mass is 9.49. The van der Waals surface area contributed by atoms with Crippen molar-refractivity contribution in [3.05, 3.63) is 12.2 Å². The van der Waals surface area contributed by atoms with Gasteiger partial charge in [-0.3, -0.25) is 4.79 Å². The molecule has 0 bridgehead atoms. The van der Waals surface area contributed by atoms with Gasteiger partial charge in [0.1, 0.15) is 11.2 Å². The molecule has 2 heterocycles. The second-order valence-corrected chi connectivity index (χ2v) is 9.08. The minimum absolute atomic E-state index is 0.00161. The topological polar surface area (TPSA) is 76.4 Å². The van der Waals surface area contributed by atoms with Gasteiger partial charge in [0, 0.05) is 18.3 Å². The average Bonchev–Trinajstić information content (AvgIpc) is 3.21. The number of allylic oxidation sites excluding steroid dienone is 1. The van der Waals surface area contributed by atoms with E-state index in [1.807, 2.05) is 13.8 Å². The third-order valence-electron chi connectivity index (χ3n) is 7.41. The number of hydrogen-bond donors (Lipinski definition) is 0. The molecule has 1 aliphatic carbocycles. The second-order valence-electron chi connectivity index (χ2n) is 9.08. The minimum atomic E-state index is -1.21. The lowest BCUT2D eigenvalue weighted by Gasteiger charge is -2.52. The van der Waals surface area contributed by atoms with Crippen molar-refractivity contribution in [3.63, 3.8) is 0 Å². The molecular weight excluding hydrogens is 342 g/mol. The van der Waals surface area contributed by atoms with E-state index in [1.165, 1.54) is 6.92 Å². The summed E-state index contributed by atoms with van der Waals surface area (Å²) in [6.07, 6.45) is 2.48. The normalized spacial score (nSPS) is 44.0. The highest BCUT2D eigenvalue weighted by atomic mass is 16.7. The molecule has 1 saturated carbocycles. The molecule has 7 atom stereocenters. The van der Waals surface area contributed by atoms with Crippen LogP contribution in [-0.4, -0.2) is 30.6 Å². The van der Waals surface area contributed by atoms with E-state index in [4.69, 9.17) is 9.47 Å². The number of fused-ring (bicyclic) bond motifs is 1. The fourth-order valence-electron chi connectivity index (χ4n) is 5.46. The number of ketones is 2. The van der Waals surface area contributed by atoms with Crippen molar-refractivity contribution in [2.75, 3.05) is 6.61 Å². The van der Waals surface area contributed by atoms with E-state index >= 15 is 0 Å². The maximum Gasteiger partial charge on any atom is 0.162 e. The van der Waals surface area contributed by atoms with Gasteiger partial charge in [-0.1, -0.05) is 19.1 Å². The SMILES string of the molecule is C=C(C)[C@@H]1C[C@@H](C)[C@](C)([C@@H]2C[C@@H]3CCO[C@@H]3O2)C(=O)[C@@]1(C#N)CCC(C)=O. The third kappa shape index (κ3) is 3.07. The van der Waals surface area contributed by atoms with Crippen LogP contribution in [0.25, 0.3) is 0 Å². The highest BCUT2D eigenvalue weighted by Gasteiger charge is 2.63. The Morgan fingerprint density at radius 2 is 2.07 bits per heavy atom. The standard InChI is InChI=1S/C22H31NO4/c1-13(2)17-10-14(3)21(5,18-11-16-7-9-26-19(16)27-18)20(25)22(17,12-23)8-6-15(4)24/h14,16-19H,1,6-11H2,2-5H3/t14-,16+,17+,18+,19-,21-,22-/m1/s1. The van der Waals surface area contributed by atoms with Crippen molar-refractivity contribution in [2.24, 2.45) is 28.6 Å². The molecule has 148 valence electrons. The maximum atomic E-state index is 13.9. The summed E-state index contributed by atoms with van der Waals surface area (Å²) >= 11 is 0. The molecule has 5 heteroatoms. The zero-order valence-corrected chi connectivity index (χ0v) is 16.9. The molecule has 0 N–H and O–H groups in total. The molecule has 0 radical (unpaired) electrons. The summed E-state index contributed by atoms with van der Waals surface area (Å²) in [5.74, 6) is 0.0945. The molecular formula is C22H31NO4. The van der Waals surface area contributed by atoms with E-state index in [2.05, 4.69) is 19.6 Å². The number of carbonyl (C=O) groups is 2. The Morgan fingerprint density at radius 3 is 2.63 bits per heavy atom. The number of Topliss-reactive ketones (excluding diaryl/α,β-unsaturated/α-hetero) is 2. The van der Waals surface area contributed by atoms with Gasteiger partial charge >= 0.3 is 0 Å². The highest BCUT2D eigenvalue weighted by molar-refractivity contribution is 5.95. The first-order chi connectivity index (χ1) is 12.7. The first kappa shape index (κ1) is 20.2. The van der Waals surface area contributed by atoms with E-state index in [-0.39, 0.29) is 48.6 Å². The fourth-order valence-corrected chi connectivity index (χ4v) is 5.46. The number of nitrogens with zero attached hydrogens (tertiary/aromatic N) is 1. The molecule has 5 nitrogen and oxygen atoms in total. The van der Waals surface area contributed by atoms with Gasteiger partial charge in [0.05, 0.1) is 24.2 Å².